The fraction of sp³-hybridized carbons (Fsp3) is 0.190. The van der Waals surface area contributed by atoms with Crippen LogP contribution < -0.4 is 9.47 Å². The Morgan fingerprint density at radius 2 is 0.854 bits per heavy atom. The molecule has 0 fully saturated rings. The zero-order valence-electron chi connectivity index (χ0n) is 27.8. The minimum absolute atomic E-state index is 0.160. The molecule has 0 aliphatic heterocycles. The van der Waals surface area contributed by atoms with Crippen molar-refractivity contribution in [1.82, 2.24) is 0 Å². The lowest BCUT2D eigenvalue weighted by Gasteiger charge is -2.10. The van der Waals surface area contributed by atoms with E-state index in [-0.39, 0.29) is 26.4 Å². The summed E-state index contributed by atoms with van der Waals surface area (Å²) in [5.74, 6) is 13.4. The maximum absolute atomic E-state index is 11.4. The quantitative estimate of drug-likeness (QED) is 0.0724. The van der Waals surface area contributed by atoms with Crippen LogP contribution in [0.4, 0.5) is 0 Å². The number of benzene rings is 4. The van der Waals surface area contributed by atoms with Crippen LogP contribution in [0.1, 0.15) is 47.2 Å². The second kappa shape index (κ2) is 17.1. The smallest absolute Gasteiger partial charge is 0.333 e. The summed E-state index contributed by atoms with van der Waals surface area (Å²) in [4.78, 5) is 22.9. The van der Waals surface area contributed by atoms with Gasteiger partial charge in [0.2, 0.25) is 0 Å². The molecule has 0 aliphatic carbocycles. The van der Waals surface area contributed by atoms with Crippen LogP contribution in [-0.2, 0) is 19.1 Å². The number of hydrogen-bond acceptors (Lipinski definition) is 6. The van der Waals surface area contributed by atoms with E-state index in [1.54, 1.807) is 13.8 Å². The van der Waals surface area contributed by atoms with Crippen LogP contribution in [0.15, 0.2) is 109 Å². The molecule has 0 aromatic heterocycles. The number of rotatable bonds is 11. The minimum atomic E-state index is -0.423. The molecule has 242 valence electrons. The van der Waals surface area contributed by atoms with E-state index < -0.39 is 11.9 Å². The molecule has 6 nitrogen and oxygen atoms in total. The number of carbonyl (C=O) groups is 2. The lowest BCUT2D eigenvalue weighted by atomic mass is 9.94. The highest BCUT2D eigenvalue weighted by molar-refractivity contribution is 5.87. The summed E-state index contributed by atoms with van der Waals surface area (Å²) in [6.45, 7) is 15.3. The summed E-state index contributed by atoms with van der Waals surface area (Å²) in [7, 11) is 0. The first kappa shape index (κ1) is 34.9. The summed E-state index contributed by atoms with van der Waals surface area (Å²) < 4.78 is 21.3. The van der Waals surface area contributed by atoms with E-state index in [1.165, 1.54) is 0 Å². The Balaban J connectivity index is 1.32. The van der Waals surface area contributed by atoms with Crippen LogP contribution in [0.2, 0.25) is 0 Å². The van der Waals surface area contributed by atoms with Gasteiger partial charge in [-0.2, -0.15) is 0 Å². The molecule has 0 aliphatic rings. The number of ether oxygens (including phenoxy) is 4. The van der Waals surface area contributed by atoms with Gasteiger partial charge in [-0.3, -0.25) is 0 Å². The van der Waals surface area contributed by atoms with Crippen LogP contribution in [-0.4, -0.2) is 38.4 Å². The fourth-order valence-electron chi connectivity index (χ4n) is 4.48. The number of esters is 2. The van der Waals surface area contributed by atoms with Crippen LogP contribution in [0, 0.1) is 37.5 Å². The highest BCUT2D eigenvalue weighted by atomic mass is 16.6. The highest BCUT2D eigenvalue weighted by Gasteiger charge is 2.07. The monoisotopic (exact) mass is 638 g/mol. The van der Waals surface area contributed by atoms with Gasteiger partial charge in [-0.1, -0.05) is 49.0 Å². The molecule has 4 aromatic rings. The summed E-state index contributed by atoms with van der Waals surface area (Å²) in [5, 5.41) is 0. The van der Waals surface area contributed by atoms with Crippen molar-refractivity contribution in [2.75, 3.05) is 26.4 Å². The van der Waals surface area contributed by atoms with E-state index in [2.05, 4.69) is 75.0 Å². The van der Waals surface area contributed by atoms with Crippen molar-refractivity contribution in [3.63, 3.8) is 0 Å². The van der Waals surface area contributed by atoms with Gasteiger partial charge in [0.25, 0.3) is 0 Å². The third kappa shape index (κ3) is 10.5. The number of aryl methyl sites for hydroxylation is 2. The van der Waals surface area contributed by atoms with Crippen molar-refractivity contribution in [2.24, 2.45) is 0 Å². The largest absolute Gasteiger partial charge is 0.490 e. The number of hydrogen-bond donors (Lipinski definition) is 0. The average Bonchev–Trinajstić information content (AvgIpc) is 3.08. The fourth-order valence-corrected chi connectivity index (χ4v) is 4.48. The Hall–Kier alpha value is -5.98. The average molecular weight is 639 g/mol. The van der Waals surface area contributed by atoms with E-state index >= 15 is 0 Å². The third-order valence-corrected chi connectivity index (χ3v) is 7.02. The predicted molar refractivity (Wildman–Crippen MR) is 189 cm³/mol. The van der Waals surface area contributed by atoms with Crippen LogP contribution >= 0.6 is 0 Å². The van der Waals surface area contributed by atoms with Crippen LogP contribution in [0.3, 0.4) is 0 Å². The Labute approximate surface area is 283 Å². The zero-order chi connectivity index (χ0) is 34.5. The number of carbonyl (C=O) groups excluding carboxylic acids is 2. The molecule has 0 unspecified atom stereocenters. The van der Waals surface area contributed by atoms with Crippen molar-refractivity contribution in [3.05, 3.63) is 143 Å². The Morgan fingerprint density at radius 1 is 0.521 bits per heavy atom. The van der Waals surface area contributed by atoms with Crippen molar-refractivity contribution in [2.45, 2.75) is 27.7 Å². The van der Waals surface area contributed by atoms with E-state index in [1.807, 2.05) is 60.7 Å². The topological polar surface area (TPSA) is 71.1 Å². The van der Waals surface area contributed by atoms with Gasteiger partial charge in [0.1, 0.15) is 37.9 Å². The lowest BCUT2D eigenvalue weighted by Crippen LogP contribution is -2.12. The molecular weight excluding hydrogens is 600 g/mol. The molecule has 48 heavy (non-hydrogen) atoms. The van der Waals surface area contributed by atoms with Gasteiger partial charge < -0.3 is 18.9 Å². The molecule has 0 radical (unpaired) electrons. The second-order valence-corrected chi connectivity index (χ2v) is 11.1. The first-order valence-corrected chi connectivity index (χ1v) is 15.5. The molecule has 4 aromatic carbocycles. The summed E-state index contributed by atoms with van der Waals surface area (Å²) >= 11 is 0. The predicted octanol–water partition coefficient (Wildman–Crippen LogP) is 7.77. The standard InChI is InChI=1S/C42H38O6/c1-29(2)41(43)47-25-23-45-37-17-11-33(12-18-37)7-9-35-15-21-39(31(5)27-35)40-22-16-36(28-32(40)6)10-8-34-13-19-38(20-14-34)46-24-26-48-42(44)30(3)4/h11-22,27-28H,1,3,23-26H2,2,4-6H3. The van der Waals surface area contributed by atoms with Crippen molar-refractivity contribution >= 4 is 11.9 Å². The first-order chi connectivity index (χ1) is 23.1. The van der Waals surface area contributed by atoms with Gasteiger partial charge in [0.15, 0.2) is 0 Å². The van der Waals surface area contributed by atoms with Gasteiger partial charge >= 0.3 is 11.9 Å². The second-order valence-electron chi connectivity index (χ2n) is 11.1. The molecule has 0 atom stereocenters. The molecular formula is C42H38O6. The maximum atomic E-state index is 11.4. The highest BCUT2D eigenvalue weighted by Crippen LogP contribution is 2.28. The molecule has 0 saturated heterocycles. The van der Waals surface area contributed by atoms with Crippen molar-refractivity contribution in [1.29, 1.82) is 0 Å². The molecule has 0 N–H and O–H groups in total. The molecule has 0 spiro atoms. The molecule has 0 bridgehead atoms. The lowest BCUT2D eigenvalue weighted by molar-refractivity contribution is -0.140. The molecule has 0 saturated carbocycles. The van der Waals surface area contributed by atoms with Gasteiger partial charge in [-0.25, -0.2) is 9.59 Å². The SMILES string of the molecule is C=C(C)C(=O)OCCOc1ccc(C#Cc2ccc(-c3ccc(C#Cc4ccc(OCCOC(=O)C(=C)C)cc4)cc3C)c(C)c2)cc1. The molecule has 0 heterocycles. The normalized spacial score (nSPS) is 10.0. The zero-order valence-corrected chi connectivity index (χ0v) is 27.8. The van der Waals surface area contributed by atoms with Crippen LogP contribution in [0.25, 0.3) is 11.1 Å². The Kier molecular flexibility index (Phi) is 12.4. The molecule has 0 amide bonds. The first-order valence-electron chi connectivity index (χ1n) is 15.5. The van der Waals surface area contributed by atoms with Gasteiger partial charge in [0, 0.05) is 33.4 Å². The molecule has 6 heteroatoms. The van der Waals surface area contributed by atoms with Crippen molar-refractivity contribution < 1.29 is 28.5 Å². The van der Waals surface area contributed by atoms with E-state index in [0.717, 1.165) is 44.5 Å². The van der Waals surface area contributed by atoms with Gasteiger partial charge in [0.05, 0.1) is 0 Å². The Morgan fingerprint density at radius 3 is 1.19 bits per heavy atom. The van der Waals surface area contributed by atoms with E-state index in [0.29, 0.717) is 22.6 Å². The van der Waals surface area contributed by atoms with Crippen LogP contribution in [0.5, 0.6) is 11.5 Å². The van der Waals surface area contributed by atoms with E-state index in [4.69, 9.17) is 18.9 Å². The Bertz CT molecular complexity index is 1780. The van der Waals surface area contributed by atoms with E-state index in [9.17, 15) is 9.59 Å². The van der Waals surface area contributed by atoms with Gasteiger partial charge in [-0.05, 0) is 123 Å². The summed E-state index contributed by atoms with van der Waals surface area (Å²) in [6, 6.07) is 27.5. The summed E-state index contributed by atoms with van der Waals surface area (Å²) in [5.41, 5.74) is 8.89. The third-order valence-electron chi connectivity index (χ3n) is 7.02. The summed E-state index contributed by atoms with van der Waals surface area (Å²) in [6.07, 6.45) is 0. The van der Waals surface area contributed by atoms with Crippen molar-refractivity contribution in [3.8, 4) is 46.3 Å². The maximum Gasteiger partial charge on any atom is 0.333 e. The minimum Gasteiger partial charge on any atom is -0.490 e. The molecule has 4 rings (SSSR count). The van der Waals surface area contributed by atoms with Gasteiger partial charge in [-0.15, -0.1) is 0 Å².